The van der Waals surface area contributed by atoms with Crippen molar-refractivity contribution in [2.45, 2.75) is 11.2 Å². The highest BCUT2D eigenvalue weighted by Gasteiger charge is 2.16. The van der Waals surface area contributed by atoms with Crippen LogP contribution in [-0.4, -0.2) is 0 Å². The number of hydrogen-bond donors (Lipinski definition) is 0. The predicted octanol–water partition coefficient (Wildman–Crippen LogP) is 6.62. The van der Waals surface area contributed by atoms with Crippen molar-refractivity contribution in [2.24, 2.45) is 0 Å². The van der Waals surface area contributed by atoms with E-state index in [0.29, 0.717) is 12.0 Å². The molecule has 0 saturated heterocycles. The molecular formula is C16H10Br2F2S. The summed E-state index contributed by atoms with van der Waals surface area (Å²) in [5.41, 5.74) is 1.63. The monoisotopic (exact) mass is 430 g/mol. The molecule has 0 aliphatic heterocycles. The molecule has 0 fully saturated rings. The lowest BCUT2D eigenvalue weighted by molar-refractivity contribution is 0.571. The first-order chi connectivity index (χ1) is 10.1. The van der Waals surface area contributed by atoms with Gasteiger partial charge in [0, 0.05) is 20.1 Å². The molecule has 3 aromatic rings. The highest BCUT2D eigenvalue weighted by molar-refractivity contribution is 9.10. The Balaban J connectivity index is 1.94. The molecule has 5 heteroatoms. The maximum atomic E-state index is 13.8. The molecule has 1 unspecified atom stereocenters. The van der Waals surface area contributed by atoms with Crippen LogP contribution in [0, 0.1) is 11.6 Å². The van der Waals surface area contributed by atoms with Gasteiger partial charge in [-0.15, -0.1) is 11.3 Å². The van der Waals surface area contributed by atoms with Crippen molar-refractivity contribution in [1.82, 2.24) is 0 Å². The van der Waals surface area contributed by atoms with E-state index in [1.165, 1.54) is 16.8 Å². The second-order valence-electron chi connectivity index (χ2n) is 4.71. The van der Waals surface area contributed by atoms with Crippen LogP contribution in [0.4, 0.5) is 8.78 Å². The Morgan fingerprint density at radius 2 is 1.95 bits per heavy atom. The molecule has 0 N–H and O–H groups in total. The van der Waals surface area contributed by atoms with Gasteiger partial charge >= 0.3 is 0 Å². The smallest absolute Gasteiger partial charge is 0.129 e. The minimum absolute atomic E-state index is 0.0134. The Morgan fingerprint density at radius 1 is 1.14 bits per heavy atom. The third-order valence-corrected chi connectivity index (χ3v) is 6.12. The van der Waals surface area contributed by atoms with Gasteiger partial charge in [-0.2, -0.15) is 0 Å². The fourth-order valence-electron chi connectivity index (χ4n) is 2.27. The lowest BCUT2D eigenvalue weighted by atomic mass is 10.0. The summed E-state index contributed by atoms with van der Waals surface area (Å²) in [6.45, 7) is 0. The fraction of sp³-hybridized carbons (Fsp3) is 0.125. The highest BCUT2D eigenvalue weighted by Crippen LogP contribution is 2.39. The molecular weight excluding hydrogens is 422 g/mol. The van der Waals surface area contributed by atoms with Crippen LogP contribution in [0.15, 0.2) is 46.3 Å². The summed E-state index contributed by atoms with van der Waals surface area (Å²) in [5, 5.41) is 3.23. The van der Waals surface area contributed by atoms with Crippen LogP contribution in [0.3, 0.4) is 0 Å². The first-order valence-electron chi connectivity index (χ1n) is 6.30. The van der Waals surface area contributed by atoms with Gasteiger partial charge < -0.3 is 0 Å². The van der Waals surface area contributed by atoms with Gasteiger partial charge in [0.05, 0.1) is 0 Å². The van der Waals surface area contributed by atoms with E-state index < -0.39 is 11.6 Å². The van der Waals surface area contributed by atoms with Gasteiger partial charge in [0.2, 0.25) is 0 Å². The first-order valence-corrected chi connectivity index (χ1v) is 8.88. The number of thiophene rings is 1. The molecule has 0 aliphatic rings. The SMILES string of the molecule is Fc1ccc(CC(Br)c2csc3c(Br)cccc23)c(F)c1. The number of alkyl halides is 1. The fourth-order valence-corrected chi connectivity index (χ4v) is 4.85. The largest absolute Gasteiger partial charge is 0.207 e. The van der Waals surface area contributed by atoms with Crippen molar-refractivity contribution >= 4 is 53.3 Å². The lowest BCUT2D eigenvalue weighted by Crippen LogP contribution is -1.98. The van der Waals surface area contributed by atoms with Crippen molar-refractivity contribution < 1.29 is 8.78 Å². The first kappa shape index (κ1) is 15.1. The molecule has 0 aliphatic carbocycles. The Bertz CT molecular complexity index is 798. The Hall–Kier alpha value is -0.780. The van der Waals surface area contributed by atoms with Crippen LogP contribution in [0.2, 0.25) is 0 Å². The van der Waals surface area contributed by atoms with Crippen LogP contribution in [0.1, 0.15) is 16.0 Å². The molecule has 1 heterocycles. The third-order valence-electron chi connectivity index (χ3n) is 3.33. The van der Waals surface area contributed by atoms with Crippen molar-refractivity contribution in [3.05, 3.63) is 69.0 Å². The minimum atomic E-state index is -0.549. The van der Waals surface area contributed by atoms with E-state index in [-0.39, 0.29) is 4.83 Å². The van der Waals surface area contributed by atoms with Crippen LogP contribution in [0.25, 0.3) is 10.1 Å². The minimum Gasteiger partial charge on any atom is -0.207 e. The molecule has 1 aromatic heterocycles. The van der Waals surface area contributed by atoms with Gasteiger partial charge in [-0.25, -0.2) is 8.78 Å². The van der Waals surface area contributed by atoms with Gasteiger partial charge in [-0.05, 0) is 56.4 Å². The highest BCUT2D eigenvalue weighted by atomic mass is 79.9. The topological polar surface area (TPSA) is 0 Å². The number of rotatable bonds is 3. The molecule has 0 radical (unpaired) electrons. The van der Waals surface area contributed by atoms with Crippen molar-refractivity contribution in [2.75, 3.05) is 0 Å². The van der Waals surface area contributed by atoms with Crippen molar-refractivity contribution in [3.8, 4) is 0 Å². The molecule has 3 rings (SSSR count). The predicted molar refractivity (Wildman–Crippen MR) is 91.3 cm³/mol. The van der Waals surface area contributed by atoms with Gasteiger partial charge in [0.25, 0.3) is 0 Å². The number of benzene rings is 2. The van der Waals surface area contributed by atoms with Crippen LogP contribution >= 0.6 is 43.2 Å². The summed E-state index contributed by atoms with van der Waals surface area (Å²) >= 11 is 8.83. The zero-order chi connectivity index (χ0) is 15.0. The van der Waals surface area contributed by atoms with E-state index in [0.717, 1.165) is 21.5 Å². The van der Waals surface area contributed by atoms with Gasteiger partial charge in [0.1, 0.15) is 11.6 Å². The Labute approximate surface area is 142 Å². The van der Waals surface area contributed by atoms with Crippen molar-refractivity contribution in [3.63, 3.8) is 0 Å². The molecule has 0 saturated carbocycles. The van der Waals surface area contributed by atoms with E-state index >= 15 is 0 Å². The third kappa shape index (κ3) is 3.05. The number of halogens is 4. The molecule has 0 bridgehead atoms. The van der Waals surface area contributed by atoms with Gasteiger partial charge in [0.15, 0.2) is 0 Å². The average molecular weight is 432 g/mol. The molecule has 0 nitrogen and oxygen atoms in total. The summed E-state index contributed by atoms with van der Waals surface area (Å²) in [6, 6.07) is 9.77. The lowest BCUT2D eigenvalue weighted by Gasteiger charge is -2.10. The van der Waals surface area contributed by atoms with E-state index in [1.54, 1.807) is 11.3 Å². The standard InChI is InChI=1S/C16H10Br2F2S/c17-13-3-1-2-11-12(8-21-16(11)13)14(18)6-9-4-5-10(19)7-15(9)20/h1-5,7-8,14H,6H2. The molecule has 108 valence electrons. The zero-order valence-electron chi connectivity index (χ0n) is 10.7. The van der Waals surface area contributed by atoms with E-state index in [9.17, 15) is 8.78 Å². The quantitative estimate of drug-likeness (QED) is 0.408. The normalized spacial score (nSPS) is 12.8. The number of fused-ring (bicyclic) bond motifs is 1. The van der Waals surface area contributed by atoms with E-state index in [1.807, 2.05) is 12.1 Å². The second-order valence-corrected chi connectivity index (χ2v) is 7.55. The average Bonchev–Trinajstić information content (AvgIpc) is 2.87. The number of hydrogen-bond acceptors (Lipinski definition) is 1. The zero-order valence-corrected chi connectivity index (χ0v) is 14.7. The summed E-state index contributed by atoms with van der Waals surface area (Å²) < 4.78 is 29.0. The molecule has 0 amide bonds. The van der Waals surface area contributed by atoms with Gasteiger partial charge in [-0.1, -0.05) is 34.1 Å². The summed E-state index contributed by atoms with van der Waals surface area (Å²) in [5.74, 6) is -1.05. The van der Waals surface area contributed by atoms with Crippen LogP contribution in [-0.2, 0) is 6.42 Å². The maximum Gasteiger partial charge on any atom is 0.129 e. The van der Waals surface area contributed by atoms with Crippen LogP contribution in [0.5, 0.6) is 0 Å². The van der Waals surface area contributed by atoms with Crippen molar-refractivity contribution in [1.29, 1.82) is 0 Å². The molecule has 2 aromatic carbocycles. The Kier molecular flexibility index (Phi) is 4.43. The van der Waals surface area contributed by atoms with Crippen LogP contribution < -0.4 is 0 Å². The molecule has 0 spiro atoms. The summed E-state index contributed by atoms with van der Waals surface area (Å²) in [6.07, 6.45) is 0.477. The second kappa shape index (κ2) is 6.15. The summed E-state index contributed by atoms with van der Waals surface area (Å²) in [4.78, 5) is -0.0134. The van der Waals surface area contributed by atoms with Gasteiger partial charge in [-0.3, -0.25) is 0 Å². The Morgan fingerprint density at radius 3 is 2.71 bits per heavy atom. The molecule has 21 heavy (non-hydrogen) atoms. The maximum absolute atomic E-state index is 13.8. The molecule has 1 atom stereocenters. The summed E-state index contributed by atoms with van der Waals surface area (Å²) in [7, 11) is 0. The van der Waals surface area contributed by atoms with E-state index in [4.69, 9.17) is 0 Å². The van der Waals surface area contributed by atoms with E-state index in [2.05, 4.69) is 43.3 Å².